The van der Waals surface area contributed by atoms with Gasteiger partial charge in [0.1, 0.15) is 6.04 Å². The Labute approximate surface area is 144 Å². The molecule has 0 aliphatic carbocycles. The van der Waals surface area contributed by atoms with E-state index >= 15 is 0 Å². The SMILES string of the molecule is Cc1cc(C)c(C(=O)C(P)C(=N)C2CCCNC2C(=O)O)c(C)c1. The van der Waals surface area contributed by atoms with Crippen LogP contribution in [-0.2, 0) is 4.79 Å². The van der Waals surface area contributed by atoms with Crippen molar-refractivity contribution in [3.05, 3.63) is 34.4 Å². The molecule has 1 aliphatic heterocycles. The Hall–Kier alpha value is -1.58. The normalized spacial score (nSPS) is 22.0. The topological polar surface area (TPSA) is 90.3 Å². The largest absolute Gasteiger partial charge is 0.480 e. The molecule has 4 atom stereocenters. The van der Waals surface area contributed by atoms with Gasteiger partial charge in [-0.25, -0.2) is 0 Å². The molecule has 2 rings (SSSR count). The minimum absolute atomic E-state index is 0.130. The maximum Gasteiger partial charge on any atom is 0.321 e. The zero-order chi connectivity index (χ0) is 18.0. The van der Waals surface area contributed by atoms with Gasteiger partial charge in [-0.3, -0.25) is 9.59 Å². The number of ketones is 1. The van der Waals surface area contributed by atoms with E-state index in [2.05, 4.69) is 14.6 Å². The van der Waals surface area contributed by atoms with E-state index in [9.17, 15) is 14.7 Å². The molecule has 0 radical (unpaired) electrons. The van der Waals surface area contributed by atoms with E-state index in [0.717, 1.165) is 23.1 Å². The maximum atomic E-state index is 12.9. The Morgan fingerprint density at radius 1 is 1.29 bits per heavy atom. The van der Waals surface area contributed by atoms with Crippen LogP contribution in [-0.4, -0.2) is 40.8 Å². The van der Waals surface area contributed by atoms with Gasteiger partial charge in [-0.05, 0) is 51.3 Å². The fourth-order valence-corrected chi connectivity index (χ4v) is 3.99. The first kappa shape index (κ1) is 18.8. The average Bonchev–Trinajstić information content (AvgIpc) is 2.52. The molecule has 24 heavy (non-hydrogen) atoms. The number of hydrogen-bond donors (Lipinski definition) is 3. The number of nitrogens with one attached hydrogen (secondary N) is 2. The fraction of sp³-hybridized carbons (Fsp3) is 0.500. The molecule has 0 amide bonds. The summed E-state index contributed by atoms with van der Waals surface area (Å²) in [5.41, 5.74) is 3.02. The van der Waals surface area contributed by atoms with Crippen molar-refractivity contribution >= 4 is 26.7 Å². The van der Waals surface area contributed by atoms with Crippen molar-refractivity contribution in [2.75, 3.05) is 6.54 Å². The molecular weight excluding hydrogens is 323 g/mol. The van der Waals surface area contributed by atoms with Crippen molar-refractivity contribution in [2.45, 2.75) is 45.3 Å². The number of carboxylic acids is 1. The summed E-state index contributed by atoms with van der Waals surface area (Å²) in [6.45, 7) is 6.42. The van der Waals surface area contributed by atoms with Crippen LogP contribution in [0.2, 0.25) is 0 Å². The predicted molar refractivity (Wildman–Crippen MR) is 98.4 cm³/mol. The van der Waals surface area contributed by atoms with Gasteiger partial charge in [-0.2, -0.15) is 0 Å². The molecule has 0 saturated carbocycles. The Kier molecular flexibility index (Phi) is 5.89. The first-order chi connectivity index (χ1) is 11.2. The van der Waals surface area contributed by atoms with E-state index in [4.69, 9.17) is 5.41 Å². The minimum Gasteiger partial charge on any atom is -0.480 e. The van der Waals surface area contributed by atoms with Gasteiger partial charge < -0.3 is 15.8 Å². The number of rotatable bonds is 5. The Bertz CT molecular complexity index is 664. The molecule has 4 unspecified atom stereocenters. The van der Waals surface area contributed by atoms with E-state index in [1.165, 1.54) is 0 Å². The number of carbonyl (C=O) groups excluding carboxylic acids is 1. The standard InChI is InChI=1S/C18H25N2O3P/c1-9-7-10(2)13(11(3)8-9)16(21)17(24)14(19)12-5-4-6-20-15(12)18(22)23/h7-8,12,15,17,19-20H,4-6,24H2,1-3H3,(H,22,23). The third-order valence-electron chi connectivity index (χ3n) is 4.67. The van der Waals surface area contributed by atoms with Crippen molar-refractivity contribution in [3.63, 3.8) is 0 Å². The second-order valence-corrected chi connectivity index (χ2v) is 7.26. The lowest BCUT2D eigenvalue weighted by Gasteiger charge is -2.32. The Morgan fingerprint density at radius 2 is 1.88 bits per heavy atom. The van der Waals surface area contributed by atoms with Gasteiger partial charge in [0.25, 0.3) is 0 Å². The summed E-state index contributed by atoms with van der Waals surface area (Å²) in [7, 11) is 2.44. The van der Waals surface area contributed by atoms with E-state index < -0.39 is 23.6 Å². The summed E-state index contributed by atoms with van der Waals surface area (Å²) in [5, 5.41) is 20.7. The van der Waals surface area contributed by atoms with E-state index in [0.29, 0.717) is 18.5 Å². The molecule has 130 valence electrons. The van der Waals surface area contributed by atoms with Crippen LogP contribution in [0, 0.1) is 32.1 Å². The fourth-order valence-electron chi connectivity index (χ4n) is 3.58. The molecule has 3 N–H and O–H groups in total. The lowest BCUT2D eigenvalue weighted by molar-refractivity contribution is -0.140. The molecule has 1 aromatic carbocycles. The summed E-state index contributed by atoms with van der Waals surface area (Å²) in [6, 6.07) is 3.13. The number of carbonyl (C=O) groups is 2. The van der Waals surface area contributed by atoms with Gasteiger partial charge in [0, 0.05) is 17.2 Å². The Morgan fingerprint density at radius 3 is 2.42 bits per heavy atom. The van der Waals surface area contributed by atoms with Crippen LogP contribution in [0.3, 0.4) is 0 Å². The third kappa shape index (κ3) is 3.73. The van der Waals surface area contributed by atoms with Crippen LogP contribution in [0.5, 0.6) is 0 Å². The molecule has 6 heteroatoms. The third-order valence-corrected chi connectivity index (χ3v) is 5.33. The number of piperidine rings is 1. The summed E-state index contributed by atoms with van der Waals surface area (Å²) in [5.74, 6) is -1.54. The smallest absolute Gasteiger partial charge is 0.321 e. The molecule has 1 aliphatic rings. The number of benzene rings is 1. The van der Waals surface area contributed by atoms with Gasteiger partial charge >= 0.3 is 5.97 Å². The molecule has 5 nitrogen and oxygen atoms in total. The first-order valence-corrected chi connectivity index (χ1v) is 8.83. The number of aryl methyl sites for hydroxylation is 3. The van der Waals surface area contributed by atoms with Crippen LogP contribution in [0.25, 0.3) is 0 Å². The highest BCUT2D eigenvalue weighted by molar-refractivity contribution is 7.21. The second kappa shape index (κ2) is 7.54. The summed E-state index contributed by atoms with van der Waals surface area (Å²) >= 11 is 0. The highest BCUT2D eigenvalue weighted by atomic mass is 31.0. The van der Waals surface area contributed by atoms with Crippen LogP contribution in [0.15, 0.2) is 12.1 Å². The summed E-state index contributed by atoms with van der Waals surface area (Å²) < 4.78 is 0. The molecule has 0 bridgehead atoms. The highest BCUT2D eigenvalue weighted by Crippen LogP contribution is 2.26. The van der Waals surface area contributed by atoms with Crippen molar-refractivity contribution < 1.29 is 14.7 Å². The highest BCUT2D eigenvalue weighted by Gasteiger charge is 2.37. The summed E-state index contributed by atoms with van der Waals surface area (Å²) in [4.78, 5) is 24.4. The van der Waals surface area contributed by atoms with Crippen molar-refractivity contribution in [1.29, 1.82) is 5.41 Å². The van der Waals surface area contributed by atoms with Gasteiger partial charge in [-0.15, -0.1) is 9.24 Å². The van der Waals surface area contributed by atoms with E-state index in [1.54, 1.807) is 0 Å². The molecule has 1 fully saturated rings. The number of carboxylic acid groups (broad SMARTS) is 1. The van der Waals surface area contributed by atoms with E-state index in [1.807, 2.05) is 32.9 Å². The quantitative estimate of drug-likeness (QED) is 0.433. The van der Waals surface area contributed by atoms with Gasteiger partial charge in [0.15, 0.2) is 5.78 Å². The van der Waals surface area contributed by atoms with Crippen LogP contribution < -0.4 is 5.32 Å². The number of Topliss-reactive ketones (excluding diaryl/α,β-unsaturated/α-hetero) is 1. The minimum atomic E-state index is -0.961. The first-order valence-electron chi connectivity index (χ1n) is 8.16. The summed E-state index contributed by atoms with van der Waals surface area (Å²) in [6.07, 6.45) is 1.43. The lowest BCUT2D eigenvalue weighted by atomic mass is 9.83. The number of hydrogen-bond acceptors (Lipinski definition) is 4. The molecule has 0 aromatic heterocycles. The van der Waals surface area contributed by atoms with Crippen molar-refractivity contribution in [3.8, 4) is 0 Å². The molecule has 1 heterocycles. The maximum absolute atomic E-state index is 12.9. The molecule has 1 aromatic rings. The van der Waals surface area contributed by atoms with Gasteiger partial charge in [0.05, 0.1) is 5.66 Å². The second-order valence-electron chi connectivity index (χ2n) is 6.59. The molecular formula is C18H25N2O3P. The Balaban J connectivity index is 2.27. The monoisotopic (exact) mass is 348 g/mol. The van der Waals surface area contributed by atoms with Crippen molar-refractivity contribution in [2.24, 2.45) is 5.92 Å². The van der Waals surface area contributed by atoms with E-state index in [-0.39, 0.29) is 11.5 Å². The van der Waals surface area contributed by atoms with Crippen LogP contribution in [0.4, 0.5) is 0 Å². The van der Waals surface area contributed by atoms with Crippen LogP contribution in [0.1, 0.15) is 39.9 Å². The average molecular weight is 348 g/mol. The lowest BCUT2D eigenvalue weighted by Crippen LogP contribution is -2.51. The van der Waals surface area contributed by atoms with Crippen LogP contribution >= 0.6 is 9.24 Å². The van der Waals surface area contributed by atoms with Gasteiger partial charge in [0.2, 0.25) is 0 Å². The zero-order valence-corrected chi connectivity index (χ0v) is 15.5. The van der Waals surface area contributed by atoms with Crippen molar-refractivity contribution in [1.82, 2.24) is 5.32 Å². The number of aliphatic carboxylic acids is 1. The molecule has 0 spiro atoms. The zero-order valence-electron chi connectivity index (χ0n) is 14.3. The van der Waals surface area contributed by atoms with Gasteiger partial charge in [-0.1, -0.05) is 17.7 Å². The molecule has 1 saturated heterocycles. The predicted octanol–water partition coefficient (Wildman–Crippen LogP) is 2.51.